The lowest BCUT2D eigenvalue weighted by atomic mass is 9.78. The monoisotopic (exact) mass is 430 g/mol. The van der Waals surface area contributed by atoms with E-state index in [0.29, 0.717) is 18.8 Å². The molecule has 0 bridgehead atoms. The molecule has 2 N–H and O–H groups in total. The molecule has 0 unspecified atom stereocenters. The second kappa shape index (κ2) is 9.02. The average Bonchev–Trinajstić information content (AvgIpc) is 3.08. The fraction of sp³-hybridized carbons (Fsp3) is 0.696. The third-order valence-corrected chi connectivity index (χ3v) is 7.28. The molecule has 3 heterocycles. The number of aliphatic hydroxyl groups excluding tert-OH is 1. The fourth-order valence-corrected chi connectivity index (χ4v) is 5.56. The predicted molar refractivity (Wildman–Crippen MR) is 118 cm³/mol. The van der Waals surface area contributed by atoms with Crippen molar-refractivity contribution in [3.63, 3.8) is 0 Å². The number of aliphatic hydroxyl groups is 1. The van der Waals surface area contributed by atoms with Crippen molar-refractivity contribution in [1.29, 1.82) is 0 Å². The lowest BCUT2D eigenvalue weighted by Crippen LogP contribution is -2.50. The molecule has 170 valence electrons. The number of pyridine rings is 1. The molecule has 3 fully saturated rings. The molecule has 1 aromatic heterocycles. The minimum atomic E-state index is -0.972. The number of anilines is 2. The molecule has 2 amide bonds. The van der Waals surface area contributed by atoms with Crippen LogP contribution in [0, 0.1) is 5.41 Å². The predicted octanol–water partition coefficient (Wildman–Crippen LogP) is 3.10. The van der Waals surface area contributed by atoms with Crippen LogP contribution in [0.15, 0.2) is 18.3 Å². The number of carbonyl (C=O) groups is 2. The van der Waals surface area contributed by atoms with Gasteiger partial charge in [-0.2, -0.15) is 0 Å². The van der Waals surface area contributed by atoms with Gasteiger partial charge < -0.3 is 20.0 Å². The molecule has 1 aromatic rings. The fourth-order valence-electron chi connectivity index (χ4n) is 5.56. The van der Waals surface area contributed by atoms with Gasteiger partial charge in [0.15, 0.2) is 0 Å². The minimum absolute atomic E-state index is 0.212. The largest absolute Gasteiger partial charge is 0.465 e. The Kier molecular flexibility index (Phi) is 6.36. The van der Waals surface area contributed by atoms with Crippen LogP contribution in [0.4, 0.5) is 16.3 Å². The normalized spacial score (nSPS) is 28.9. The molecule has 1 spiro atoms. The molecule has 31 heavy (non-hydrogen) atoms. The second-order valence-corrected chi connectivity index (χ2v) is 9.33. The van der Waals surface area contributed by atoms with Gasteiger partial charge in [0, 0.05) is 32.2 Å². The van der Waals surface area contributed by atoms with Crippen LogP contribution >= 0.6 is 0 Å². The molecule has 0 radical (unpaired) electrons. The first kappa shape index (κ1) is 21.9. The number of carbonyl (C=O) groups excluding carboxylic acids is 1. The molecule has 8 heteroatoms. The van der Waals surface area contributed by atoms with Gasteiger partial charge in [-0.25, -0.2) is 9.78 Å². The maximum Gasteiger partial charge on any atom is 0.411 e. The van der Waals surface area contributed by atoms with Crippen LogP contribution in [0.1, 0.15) is 58.3 Å². The number of hydrogen-bond donors (Lipinski definition) is 2. The van der Waals surface area contributed by atoms with Gasteiger partial charge >= 0.3 is 6.09 Å². The Morgan fingerprint density at radius 2 is 2.00 bits per heavy atom. The number of carboxylic acid groups (broad SMARTS) is 1. The van der Waals surface area contributed by atoms with Crippen LogP contribution < -0.4 is 9.80 Å². The topological polar surface area (TPSA) is 97.2 Å². The maximum atomic E-state index is 13.5. The van der Waals surface area contributed by atoms with E-state index in [1.54, 1.807) is 6.20 Å². The van der Waals surface area contributed by atoms with Crippen molar-refractivity contribution in [2.45, 2.75) is 70.4 Å². The summed E-state index contributed by atoms with van der Waals surface area (Å²) in [6.45, 7) is 4.72. The van der Waals surface area contributed by atoms with Crippen molar-refractivity contribution in [2.24, 2.45) is 5.41 Å². The highest BCUT2D eigenvalue weighted by Crippen LogP contribution is 2.43. The minimum Gasteiger partial charge on any atom is -0.465 e. The number of likely N-dealkylation sites (tertiary alicyclic amines) is 1. The van der Waals surface area contributed by atoms with Gasteiger partial charge in [-0.3, -0.25) is 9.69 Å². The molecular formula is C23H34N4O4. The number of aromatic nitrogens is 1. The van der Waals surface area contributed by atoms with Crippen LogP contribution in [-0.4, -0.2) is 70.4 Å². The lowest BCUT2D eigenvalue weighted by molar-refractivity contribution is -0.139. The first-order valence-corrected chi connectivity index (χ1v) is 11.6. The average molecular weight is 431 g/mol. The first-order valence-electron chi connectivity index (χ1n) is 11.6. The Balaban J connectivity index is 1.45. The Morgan fingerprint density at radius 1 is 1.23 bits per heavy atom. The van der Waals surface area contributed by atoms with E-state index in [9.17, 15) is 19.8 Å². The first-order chi connectivity index (χ1) is 14.9. The molecule has 2 saturated heterocycles. The Hall–Kier alpha value is -2.35. The zero-order valence-corrected chi connectivity index (χ0v) is 18.4. The van der Waals surface area contributed by atoms with Crippen molar-refractivity contribution in [2.75, 3.05) is 36.0 Å². The SMILES string of the molecule is CCCN(C(=O)O)c1ccc(N2CCC[C@]3(CCN(C4CCC(O)CC4)C3=O)C2)nc1. The van der Waals surface area contributed by atoms with Gasteiger partial charge in [0.05, 0.1) is 23.4 Å². The number of nitrogens with zero attached hydrogens (tertiary/aromatic N) is 4. The summed E-state index contributed by atoms with van der Waals surface area (Å²) in [6, 6.07) is 3.95. The van der Waals surface area contributed by atoms with E-state index in [2.05, 4.69) is 14.8 Å². The van der Waals surface area contributed by atoms with Crippen molar-refractivity contribution in [3.05, 3.63) is 18.3 Å². The van der Waals surface area contributed by atoms with Crippen molar-refractivity contribution in [1.82, 2.24) is 9.88 Å². The van der Waals surface area contributed by atoms with Crippen LogP contribution in [-0.2, 0) is 4.79 Å². The summed E-state index contributed by atoms with van der Waals surface area (Å²) < 4.78 is 0. The molecule has 0 aromatic carbocycles. The molecule has 1 atom stereocenters. The van der Waals surface area contributed by atoms with Crippen molar-refractivity contribution in [3.8, 4) is 0 Å². The Bertz CT molecular complexity index is 793. The summed E-state index contributed by atoms with van der Waals surface area (Å²) in [5.41, 5.74) is 0.233. The third-order valence-electron chi connectivity index (χ3n) is 7.28. The molecule has 4 rings (SSSR count). The third kappa shape index (κ3) is 4.35. The maximum absolute atomic E-state index is 13.5. The quantitative estimate of drug-likeness (QED) is 0.745. The van der Waals surface area contributed by atoms with Gasteiger partial charge in [0.25, 0.3) is 0 Å². The Morgan fingerprint density at radius 3 is 2.65 bits per heavy atom. The summed E-state index contributed by atoms with van der Waals surface area (Å²) in [7, 11) is 0. The number of piperidine rings is 1. The van der Waals surface area contributed by atoms with E-state index in [1.165, 1.54) is 4.90 Å². The molecule has 1 saturated carbocycles. The summed E-state index contributed by atoms with van der Waals surface area (Å²) in [4.78, 5) is 35.1. The van der Waals surface area contributed by atoms with Crippen LogP contribution in [0.3, 0.4) is 0 Å². The van der Waals surface area contributed by atoms with Crippen molar-refractivity contribution >= 4 is 23.5 Å². The van der Waals surface area contributed by atoms with Gasteiger partial charge in [0.1, 0.15) is 5.82 Å². The van der Waals surface area contributed by atoms with Crippen LogP contribution in [0.2, 0.25) is 0 Å². The second-order valence-electron chi connectivity index (χ2n) is 9.33. The lowest BCUT2D eigenvalue weighted by Gasteiger charge is -2.41. The summed E-state index contributed by atoms with van der Waals surface area (Å²) in [5, 5.41) is 19.2. The summed E-state index contributed by atoms with van der Waals surface area (Å²) >= 11 is 0. The van der Waals surface area contributed by atoms with E-state index < -0.39 is 6.09 Å². The number of hydrogen-bond acceptors (Lipinski definition) is 5. The highest BCUT2D eigenvalue weighted by molar-refractivity contribution is 5.87. The van der Waals surface area contributed by atoms with E-state index in [4.69, 9.17) is 0 Å². The van der Waals surface area contributed by atoms with Crippen LogP contribution in [0.5, 0.6) is 0 Å². The number of amides is 2. The van der Waals surface area contributed by atoms with E-state index in [1.807, 2.05) is 19.1 Å². The van der Waals surface area contributed by atoms with Gasteiger partial charge in [-0.05, 0) is 63.5 Å². The smallest absolute Gasteiger partial charge is 0.411 e. The van der Waals surface area contributed by atoms with E-state index in [0.717, 1.165) is 70.3 Å². The van der Waals surface area contributed by atoms with E-state index in [-0.39, 0.29) is 23.5 Å². The van der Waals surface area contributed by atoms with E-state index >= 15 is 0 Å². The summed E-state index contributed by atoms with van der Waals surface area (Å²) in [5.74, 6) is 1.08. The molecule has 3 aliphatic rings. The molecule has 2 aliphatic heterocycles. The summed E-state index contributed by atoms with van der Waals surface area (Å²) in [6.07, 6.45) is 7.28. The number of rotatable bonds is 5. The van der Waals surface area contributed by atoms with Gasteiger partial charge in [-0.15, -0.1) is 0 Å². The Labute approximate surface area is 183 Å². The molecule has 1 aliphatic carbocycles. The highest BCUT2D eigenvalue weighted by Gasteiger charge is 2.50. The zero-order valence-electron chi connectivity index (χ0n) is 18.4. The zero-order chi connectivity index (χ0) is 22.0. The molecule has 8 nitrogen and oxygen atoms in total. The van der Waals surface area contributed by atoms with Crippen LogP contribution in [0.25, 0.3) is 0 Å². The molecular weight excluding hydrogens is 396 g/mol. The standard InChI is InChI=1S/C23H34N4O4/c1-2-12-27(22(30)31)18-6-9-20(24-15-18)25-13-3-10-23(16-25)11-14-26(21(23)29)17-4-7-19(28)8-5-17/h6,9,15,17,19,28H,2-5,7-8,10-14,16H2,1H3,(H,30,31)/t17?,19?,23-/m0/s1. The van der Waals surface area contributed by atoms with Crippen molar-refractivity contribution < 1.29 is 19.8 Å². The van der Waals surface area contributed by atoms with Gasteiger partial charge in [0.2, 0.25) is 5.91 Å². The highest BCUT2D eigenvalue weighted by atomic mass is 16.4. The van der Waals surface area contributed by atoms with Gasteiger partial charge in [-0.1, -0.05) is 6.92 Å².